The summed E-state index contributed by atoms with van der Waals surface area (Å²) in [5.41, 5.74) is 0.305. The first-order valence-corrected chi connectivity index (χ1v) is 9.95. The van der Waals surface area contributed by atoms with Crippen LogP contribution in [-0.4, -0.2) is 67.9 Å². The van der Waals surface area contributed by atoms with Gasteiger partial charge in [-0.05, 0) is 27.0 Å². The molecule has 30 heavy (non-hydrogen) atoms. The van der Waals surface area contributed by atoms with Crippen molar-refractivity contribution >= 4 is 28.2 Å². The van der Waals surface area contributed by atoms with Crippen LogP contribution in [0.25, 0.3) is 10.9 Å². The molecule has 1 saturated heterocycles. The molecule has 1 aromatic heterocycles. The van der Waals surface area contributed by atoms with E-state index in [0.29, 0.717) is 30.7 Å². The van der Waals surface area contributed by atoms with Gasteiger partial charge in [0, 0.05) is 43.7 Å². The summed E-state index contributed by atoms with van der Waals surface area (Å²) in [6.07, 6.45) is 0. The Kier molecular flexibility index (Phi) is 4.96. The van der Waals surface area contributed by atoms with Gasteiger partial charge in [-0.25, -0.2) is 8.78 Å². The Morgan fingerprint density at radius 1 is 1.20 bits per heavy atom. The second-order valence-electron chi connectivity index (χ2n) is 8.31. The number of benzene rings is 1. The van der Waals surface area contributed by atoms with Crippen molar-refractivity contribution in [3.63, 3.8) is 0 Å². The van der Waals surface area contributed by atoms with Crippen molar-refractivity contribution < 1.29 is 18.3 Å². The SMILES string of the molecule is COC(=O)CN1CC2CN(C)C(C)CN2c2c1c(=O)n(C)c1c(F)c(C)c(F)cc21. The Morgan fingerprint density at radius 2 is 1.90 bits per heavy atom. The van der Waals surface area contributed by atoms with E-state index < -0.39 is 23.2 Å². The van der Waals surface area contributed by atoms with Crippen molar-refractivity contribution in [2.45, 2.75) is 25.9 Å². The molecule has 0 amide bonds. The van der Waals surface area contributed by atoms with E-state index >= 15 is 4.39 Å². The van der Waals surface area contributed by atoms with Gasteiger partial charge in [-0.3, -0.25) is 14.5 Å². The van der Waals surface area contributed by atoms with Crippen LogP contribution in [0.1, 0.15) is 12.5 Å². The van der Waals surface area contributed by atoms with E-state index in [4.69, 9.17) is 4.74 Å². The maximum atomic E-state index is 15.1. The lowest BCUT2D eigenvalue weighted by molar-refractivity contribution is -0.139. The number of carbonyl (C=O) groups excluding carboxylic acids is 1. The molecule has 1 fully saturated rings. The highest BCUT2D eigenvalue weighted by molar-refractivity contribution is 6.01. The molecule has 0 saturated carbocycles. The third kappa shape index (κ3) is 2.94. The number of aryl methyl sites for hydroxylation is 1. The number of anilines is 2. The lowest BCUT2D eigenvalue weighted by Crippen LogP contribution is -2.63. The number of aromatic nitrogens is 1. The fourth-order valence-corrected chi connectivity index (χ4v) is 4.60. The zero-order valence-corrected chi connectivity index (χ0v) is 17.8. The quantitative estimate of drug-likeness (QED) is 0.689. The number of hydrogen-bond donors (Lipinski definition) is 0. The molecule has 2 aliphatic heterocycles. The van der Waals surface area contributed by atoms with E-state index in [9.17, 15) is 14.0 Å². The molecule has 9 heteroatoms. The number of methoxy groups -OCH3 is 1. The van der Waals surface area contributed by atoms with Crippen LogP contribution in [0.3, 0.4) is 0 Å². The minimum atomic E-state index is -0.740. The lowest BCUT2D eigenvalue weighted by Gasteiger charge is -2.51. The number of pyridine rings is 1. The zero-order chi connectivity index (χ0) is 21.9. The van der Waals surface area contributed by atoms with Crippen LogP contribution in [0.5, 0.6) is 0 Å². The Balaban J connectivity index is 2.06. The van der Waals surface area contributed by atoms with Crippen LogP contribution in [-0.2, 0) is 16.6 Å². The predicted molar refractivity (Wildman–Crippen MR) is 111 cm³/mol. The molecule has 0 N–H and O–H groups in total. The molecule has 2 atom stereocenters. The van der Waals surface area contributed by atoms with Gasteiger partial charge in [-0.1, -0.05) is 0 Å². The van der Waals surface area contributed by atoms with E-state index in [1.807, 2.05) is 7.05 Å². The first-order valence-electron chi connectivity index (χ1n) is 9.95. The van der Waals surface area contributed by atoms with Crippen molar-refractivity contribution in [3.8, 4) is 0 Å². The normalized spacial score (nSPS) is 21.6. The van der Waals surface area contributed by atoms with Gasteiger partial charge in [-0.15, -0.1) is 0 Å². The molecule has 3 heterocycles. The molecular weight excluding hydrogens is 394 g/mol. The highest BCUT2D eigenvalue weighted by Crippen LogP contribution is 2.41. The number of halogens is 2. The van der Waals surface area contributed by atoms with Crippen molar-refractivity contribution in [2.24, 2.45) is 7.05 Å². The number of fused-ring (bicyclic) bond motifs is 5. The molecule has 0 radical (unpaired) electrons. The zero-order valence-electron chi connectivity index (χ0n) is 17.8. The second kappa shape index (κ2) is 7.23. The number of likely N-dealkylation sites (N-methyl/N-ethyl adjacent to an activating group) is 1. The van der Waals surface area contributed by atoms with Crippen LogP contribution < -0.4 is 15.4 Å². The van der Waals surface area contributed by atoms with Crippen LogP contribution in [0, 0.1) is 18.6 Å². The molecule has 2 aromatic rings. The molecule has 0 bridgehead atoms. The van der Waals surface area contributed by atoms with Crippen LogP contribution in [0.15, 0.2) is 10.9 Å². The summed E-state index contributed by atoms with van der Waals surface area (Å²) < 4.78 is 35.7. The Labute approximate surface area is 173 Å². The molecule has 2 aliphatic rings. The smallest absolute Gasteiger partial charge is 0.325 e. The highest BCUT2D eigenvalue weighted by Gasteiger charge is 2.40. The Morgan fingerprint density at radius 3 is 2.57 bits per heavy atom. The van der Waals surface area contributed by atoms with Gasteiger partial charge in [0.1, 0.15) is 18.0 Å². The van der Waals surface area contributed by atoms with Crippen molar-refractivity contribution in [2.75, 3.05) is 50.1 Å². The highest BCUT2D eigenvalue weighted by atomic mass is 19.1. The number of hydrogen-bond acceptors (Lipinski definition) is 6. The van der Waals surface area contributed by atoms with Gasteiger partial charge in [0.05, 0.1) is 24.4 Å². The van der Waals surface area contributed by atoms with E-state index in [1.54, 1.807) is 4.90 Å². The number of rotatable bonds is 2. The summed E-state index contributed by atoms with van der Waals surface area (Å²) in [7, 11) is 4.79. The fourth-order valence-electron chi connectivity index (χ4n) is 4.60. The number of esters is 1. The van der Waals surface area contributed by atoms with Crippen molar-refractivity contribution in [1.82, 2.24) is 9.47 Å². The van der Waals surface area contributed by atoms with Crippen LogP contribution in [0.4, 0.5) is 20.2 Å². The first kappa shape index (κ1) is 20.6. The minimum Gasteiger partial charge on any atom is -0.468 e. The van der Waals surface area contributed by atoms with Crippen LogP contribution in [0.2, 0.25) is 0 Å². The molecule has 0 aliphatic carbocycles. The third-order valence-electron chi connectivity index (χ3n) is 6.48. The standard InChI is InChI=1S/C21H26F2N4O3/c1-11-7-27-13(8-24(11)3)9-26(10-16(28)30-5)20-19(27)14-6-15(22)12(2)17(23)18(14)25(4)21(20)29/h6,11,13H,7-10H2,1-5H3. The Hall–Kier alpha value is -2.68. The Bertz CT molecular complexity index is 1100. The predicted octanol–water partition coefficient (Wildman–Crippen LogP) is 1.63. The molecule has 162 valence electrons. The maximum Gasteiger partial charge on any atom is 0.325 e. The monoisotopic (exact) mass is 420 g/mol. The number of piperazine rings is 1. The number of nitrogens with zero attached hydrogens (tertiary/aromatic N) is 4. The summed E-state index contributed by atoms with van der Waals surface area (Å²) in [5.74, 6) is -1.88. The second-order valence-corrected chi connectivity index (χ2v) is 8.31. The fraction of sp³-hybridized carbons (Fsp3) is 0.524. The van der Waals surface area contributed by atoms with E-state index in [2.05, 4.69) is 16.7 Å². The first-order chi connectivity index (χ1) is 14.1. The van der Waals surface area contributed by atoms with Gasteiger partial charge in [0.15, 0.2) is 5.82 Å². The minimum absolute atomic E-state index is 0.0360. The summed E-state index contributed by atoms with van der Waals surface area (Å²) in [5, 5.41) is 0.337. The van der Waals surface area contributed by atoms with Crippen molar-refractivity contribution in [1.29, 1.82) is 0 Å². The van der Waals surface area contributed by atoms with Crippen molar-refractivity contribution in [3.05, 3.63) is 33.6 Å². The van der Waals surface area contributed by atoms with E-state index in [0.717, 1.165) is 0 Å². The molecule has 4 rings (SSSR count). The maximum absolute atomic E-state index is 15.1. The van der Waals surface area contributed by atoms with E-state index in [1.165, 1.54) is 31.7 Å². The summed E-state index contributed by atoms with van der Waals surface area (Å²) in [6.45, 7) is 5.08. The number of ether oxygens (including phenoxy) is 1. The third-order valence-corrected chi connectivity index (χ3v) is 6.48. The summed E-state index contributed by atoms with van der Waals surface area (Å²) >= 11 is 0. The van der Waals surface area contributed by atoms with Gasteiger partial charge >= 0.3 is 5.97 Å². The topological polar surface area (TPSA) is 58.0 Å². The molecular formula is C21H26F2N4O3. The van der Waals surface area contributed by atoms with Gasteiger partial charge < -0.3 is 19.1 Å². The van der Waals surface area contributed by atoms with Gasteiger partial charge in [0.2, 0.25) is 0 Å². The average molecular weight is 420 g/mol. The summed E-state index contributed by atoms with van der Waals surface area (Å²) in [6, 6.07) is 1.46. The number of carbonyl (C=O) groups is 1. The van der Waals surface area contributed by atoms with Crippen LogP contribution >= 0.6 is 0 Å². The molecule has 0 spiro atoms. The molecule has 1 aromatic carbocycles. The lowest BCUT2D eigenvalue weighted by atomic mass is 9.98. The average Bonchev–Trinajstić information content (AvgIpc) is 2.70. The molecule has 2 unspecified atom stereocenters. The van der Waals surface area contributed by atoms with Gasteiger partial charge in [-0.2, -0.15) is 0 Å². The largest absolute Gasteiger partial charge is 0.468 e. The van der Waals surface area contributed by atoms with Gasteiger partial charge in [0.25, 0.3) is 5.56 Å². The molecule has 7 nitrogen and oxygen atoms in total. The summed E-state index contributed by atoms with van der Waals surface area (Å²) in [4.78, 5) is 31.4. The van der Waals surface area contributed by atoms with E-state index in [-0.39, 0.29) is 35.4 Å².